The molecular weight excluding hydrogens is 438 g/mol. The Balaban J connectivity index is 1.50. The van der Waals surface area contributed by atoms with E-state index in [9.17, 15) is 9.59 Å². The minimum absolute atomic E-state index is 0.133. The number of amides is 2. The summed E-state index contributed by atoms with van der Waals surface area (Å²) in [6.07, 6.45) is 3.03. The second-order valence-electron chi connectivity index (χ2n) is 8.99. The normalized spacial score (nSPS) is 15.7. The first-order chi connectivity index (χ1) is 17.0. The van der Waals surface area contributed by atoms with Gasteiger partial charge >= 0.3 is 0 Å². The van der Waals surface area contributed by atoms with Crippen LogP contribution in [0.4, 0.5) is 0 Å². The summed E-state index contributed by atoms with van der Waals surface area (Å²) in [6, 6.07) is 19.9. The monoisotopic (exact) mass is 471 g/mol. The highest BCUT2D eigenvalue weighted by atomic mass is 16.5. The number of hydrogen-bond acceptors (Lipinski definition) is 4. The molecule has 0 unspecified atom stereocenters. The Kier molecular flexibility index (Phi) is 7.80. The Bertz CT molecular complexity index is 1160. The fraction of sp³-hybridized carbons (Fsp3) is 0.345. The molecule has 0 bridgehead atoms. The molecule has 6 heteroatoms. The molecule has 2 aromatic carbocycles. The molecule has 4 rings (SSSR count). The fourth-order valence-corrected chi connectivity index (χ4v) is 4.51. The smallest absolute Gasteiger partial charge is 0.260 e. The molecule has 2 atom stereocenters. The van der Waals surface area contributed by atoms with Crippen molar-refractivity contribution < 1.29 is 14.3 Å². The standard InChI is InChI=1S/C29H33N3O3/c1-4-27(33)32-18-15-22-12-13-25(19-26(22)28(32)23-10-8-20(2)9-11-23)35-21(3)29(34)31-17-14-24-7-5-6-16-30-24/h5-13,16,19,21,28H,4,14-15,17-18H2,1-3H3,(H,31,34)/t21-,28-/m1/s1. The summed E-state index contributed by atoms with van der Waals surface area (Å²) in [5, 5.41) is 2.93. The molecule has 0 spiro atoms. The van der Waals surface area contributed by atoms with E-state index in [-0.39, 0.29) is 17.9 Å². The van der Waals surface area contributed by atoms with Gasteiger partial charge in [0.05, 0.1) is 6.04 Å². The maximum atomic E-state index is 12.8. The molecule has 35 heavy (non-hydrogen) atoms. The molecule has 1 N–H and O–H groups in total. The van der Waals surface area contributed by atoms with Gasteiger partial charge in [-0.15, -0.1) is 0 Å². The van der Waals surface area contributed by atoms with Gasteiger partial charge in [0.15, 0.2) is 6.10 Å². The van der Waals surface area contributed by atoms with Crippen molar-refractivity contribution >= 4 is 11.8 Å². The Morgan fingerprint density at radius 2 is 1.94 bits per heavy atom. The average Bonchev–Trinajstić information content (AvgIpc) is 2.88. The molecule has 0 saturated heterocycles. The number of aryl methyl sites for hydroxylation is 1. The summed E-state index contributed by atoms with van der Waals surface area (Å²) < 4.78 is 6.04. The van der Waals surface area contributed by atoms with Crippen molar-refractivity contribution in [3.63, 3.8) is 0 Å². The third-order valence-corrected chi connectivity index (χ3v) is 6.45. The molecular formula is C29H33N3O3. The number of aromatic nitrogens is 1. The highest BCUT2D eigenvalue weighted by molar-refractivity contribution is 5.80. The average molecular weight is 472 g/mol. The molecule has 6 nitrogen and oxygen atoms in total. The van der Waals surface area contributed by atoms with Gasteiger partial charge in [-0.05, 0) is 61.2 Å². The number of rotatable bonds is 8. The minimum Gasteiger partial charge on any atom is -0.481 e. The van der Waals surface area contributed by atoms with Crippen LogP contribution >= 0.6 is 0 Å². The van der Waals surface area contributed by atoms with Crippen LogP contribution in [0, 0.1) is 6.92 Å². The van der Waals surface area contributed by atoms with Gasteiger partial charge in [-0.3, -0.25) is 14.6 Å². The van der Waals surface area contributed by atoms with Crippen LogP contribution in [0.25, 0.3) is 0 Å². The van der Waals surface area contributed by atoms with Crippen LogP contribution in [0.2, 0.25) is 0 Å². The van der Waals surface area contributed by atoms with Gasteiger partial charge in [-0.2, -0.15) is 0 Å². The molecule has 3 aromatic rings. The number of ether oxygens (including phenoxy) is 1. The third kappa shape index (κ3) is 5.88. The highest BCUT2D eigenvalue weighted by Crippen LogP contribution is 2.37. The second kappa shape index (κ2) is 11.2. The number of nitrogens with one attached hydrogen (secondary N) is 1. The zero-order chi connectivity index (χ0) is 24.8. The Morgan fingerprint density at radius 3 is 2.66 bits per heavy atom. The fourth-order valence-electron chi connectivity index (χ4n) is 4.51. The van der Waals surface area contributed by atoms with Crippen molar-refractivity contribution in [1.29, 1.82) is 0 Å². The number of hydrogen-bond donors (Lipinski definition) is 1. The van der Waals surface area contributed by atoms with Crippen LogP contribution in [0.15, 0.2) is 66.9 Å². The summed E-state index contributed by atoms with van der Waals surface area (Å²) in [6.45, 7) is 6.89. The molecule has 1 aromatic heterocycles. The summed E-state index contributed by atoms with van der Waals surface area (Å²) in [7, 11) is 0. The van der Waals surface area contributed by atoms with Crippen LogP contribution in [-0.4, -0.2) is 40.9 Å². The lowest BCUT2D eigenvalue weighted by atomic mass is 9.87. The number of fused-ring (bicyclic) bond motifs is 1. The van der Waals surface area contributed by atoms with E-state index >= 15 is 0 Å². The van der Waals surface area contributed by atoms with Gasteiger partial charge in [-0.25, -0.2) is 0 Å². The summed E-state index contributed by atoms with van der Waals surface area (Å²) in [4.78, 5) is 31.7. The van der Waals surface area contributed by atoms with Crippen molar-refractivity contribution in [3.8, 4) is 5.75 Å². The van der Waals surface area contributed by atoms with Crippen LogP contribution in [0.3, 0.4) is 0 Å². The van der Waals surface area contributed by atoms with Crippen molar-refractivity contribution in [2.45, 2.75) is 52.2 Å². The molecule has 1 aliphatic rings. The van der Waals surface area contributed by atoms with Crippen molar-refractivity contribution in [1.82, 2.24) is 15.2 Å². The zero-order valence-corrected chi connectivity index (χ0v) is 20.7. The molecule has 1 aliphatic heterocycles. The molecule has 2 heterocycles. The topological polar surface area (TPSA) is 71.5 Å². The zero-order valence-electron chi connectivity index (χ0n) is 20.7. The van der Waals surface area contributed by atoms with E-state index in [0.29, 0.717) is 31.7 Å². The summed E-state index contributed by atoms with van der Waals surface area (Å²) >= 11 is 0. The first-order valence-electron chi connectivity index (χ1n) is 12.3. The Hall–Kier alpha value is -3.67. The largest absolute Gasteiger partial charge is 0.481 e. The van der Waals surface area contributed by atoms with Crippen LogP contribution < -0.4 is 10.1 Å². The molecule has 0 radical (unpaired) electrons. The first kappa shape index (κ1) is 24.5. The summed E-state index contributed by atoms with van der Waals surface area (Å²) in [5.74, 6) is 0.587. The maximum absolute atomic E-state index is 12.8. The lowest BCUT2D eigenvalue weighted by Gasteiger charge is -2.38. The lowest BCUT2D eigenvalue weighted by Crippen LogP contribution is -2.40. The quantitative estimate of drug-likeness (QED) is 0.529. The Morgan fingerprint density at radius 1 is 1.14 bits per heavy atom. The van der Waals surface area contributed by atoms with Gasteiger partial charge in [0.2, 0.25) is 5.91 Å². The predicted molar refractivity (Wildman–Crippen MR) is 136 cm³/mol. The molecule has 0 saturated carbocycles. The highest BCUT2D eigenvalue weighted by Gasteiger charge is 2.32. The van der Waals surface area contributed by atoms with Crippen LogP contribution in [0.1, 0.15) is 54.3 Å². The Labute approximate surface area is 207 Å². The third-order valence-electron chi connectivity index (χ3n) is 6.45. The van der Waals surface area contributed by atoms with Crippen LogP contribution in [0.5, 0.6) is 5.75 Å². The van der Waals surface area contributed by atoms with E-state index in [4.69, 9.17) is 4.74 Å². The van der Waals surface area contributed by atoms with Gasteiger partial charge in [0, 0.05) is 37.8 Å². The van der Waals surface area contributed by atoms with E-state index in [1.54, 1.807) is 13.1 Å². The minimum atomic E-state index is -0.647. The maximum Gasteiger partial charge on any atom is 0.260 e. The lowest BCUT2D eigenvalue weighted by molar-refractivity contribution is -0.133. The number of nitrogens with zero attached hydrogens (tertiary/aromatic N) is 2. The van der Waals surface area contributed by atoms with E-state index in [1.807, 2.05) is 42.2 Å². The van der Waals surface area contributed by atoms with Crippen molar-refractivity contribution in [2.75, 3.05) is 13.1 Å². The number of carbonyl (C=O) groups is 2. The van der Waals surface area contributed by atoms with Gasteiger partial charge in [-0.1, -0.05) is 48.9 Å². The summed E-state index contributed by atoms with van der Waals surface area (Å²) in [5.41, 5.74) is 5.45. The first-order valence-corrected chi connectivity index (χ1v) is 12.3. The second-order valence-corrected chi connectivity index (χ2v) is 8.99. The van der Waals surface area contributed by atoms with E-state index in [0.717, 1.165) is 23.2 Å². The van der Waals surface area contributed by atoms with E-state index in [1.165, 1.54) is 11.1 Å². The number of pyridine rings is 1. The van der Waals surface area contributed by atoms with Gasteiger partial charge in [0.1, 0.15) is 5.75 Å². The molecule has 2 amide bonds. The van der Waals surface area contributed by atoms with E-state index in [2.05, 4.69) is 47.6 Å². The molecule has 0 aliphatic carbocycles. The van der Waals surface area contributed by atoms with Gasteiger partial charge < -0.3 is 15.0 Å². The SMILES string of the molecule is CCC(=O)N1CCc2ccc(O[C@H](C)C(=O)NCCc3ccccn3)cc2[C@H]1c1ccc(C)cc1. The number of benzene rings is 2. The van der Waals surface area contributed by atoms with Crippen molar-refractivity contribution in [3.05, 3.63) is 94.8 Å². The molecule has 0 fully saturated rings. The molecule has 182 valence electrons. The van der Waals surface area contributed by atoms with Crippen LogP contribution in [-0.2, 0) is 22.4 Å². The van der Waals surface area contributed by atoms with E-state index < -0.39 is 6.10 Å². The van der Waals surface area contributed by atoms with Gasteiger partial charge in [0.25, 0.3) is 5.91 Å². The number of carbonyl (C=O) groups excluding carboxylic acids is 2. The predicted octanol–water partition coefficient (Wildman–Crippen LogP) is 4.40. The van der Waals surface area contributed by atoms with Crippen molar-refractivity contribution in [2.24, 2.45) is 0 Å².